The van der Waals surface area contributed by atoms with Gasteiger partial charge < -0.3 is 9.84 Å². The zero-order valence-corrected chi connectivity index (χ0v) is 7.45. The molecule has 1 rings (SSSR count). The van der Waals surface area contributed by atoms with Crippen LogP contribution in [0.5, 0.6) is 5.75 Å². The maximum absolute atomic E-state index is 8.73. The maximum atomic E-state index is 8.73. The summed E-state index contributed by atoms with van der Waals surface area (Å²) in [5.74, 6) is 0.808. The van der Waals surface area contributed by atoms with E-state index in [0.29, 0.717) is 0 Å². The molecule has 0 amide bonds. The Labute approximate surface area is 72.8 Å². The van der Waals surface area contributed by atoms with Crippen molar-refractivity contribution in [1.29, 1.82) is 0 Å². The fourth-order valence-corrected chi connectivity index (χ4v) is 0.886. The normalized spacial score (nSPS) is 12.6. The summed E-state index contributed by atoms with van der Waals surface area (Å²) in [6, 6.07) is 7.78. The molecular formula is C10H14O2. The summed E-state index contributed by atoms with van der Waals surface area (Å²) in [5, 5.41) is 8.73. The average molecular weight is 166 g/mol. The first kappa shape index (κ1) is 9.07. The standard InChI is InChI=1S/C10H14O2/c1-8-3-5-10(6-4-8)12-9(2)7-11/h3-6,9,11H,7H2,1-2H3/t9-/m1/s1. The van der Waals surface area contributed by atoms with Crippen molar-refractivity contribution in [2.24, 2.45) is 0 Å². The smallest absolute Gasteiger partial charge is 0.119 e. The van der Waals surface area contributed by atoms with E-state index >= 15 is 0 Å². The van der Waals surface area contributed by atoms with Gasteiger partial charge in [-0.2, -0.15) is 0 Å². The fourth-order valence-electron chi connectivity index (χ4n) is 0.886. The predicted molar refractivity (Wildman–Crippen MR) is 48.4 cm³/mol. The third-order valence-electron chi connectivity index (χ3n) is 1.62. The maximum Gasteiger partial charge on any atom is 0.119 e. The molecular weight excluding hydrogens is 152 g/mol. The molecule has 2 nitrogen and oxygen atoms in total. The largest absolute Gasteiger partial charge is 0.488 e. The van der Waals surface area contributed by atoms with Crippen molar-refractivity contribution < 1.29 is 9.84 Å². The molecule has 0 bridgehead atoms. The van der Waals surface area contributed by atoms with Crippen LogP contribution in [-0.4, -0.2) is 17.8 Å². The van der Waals surface area contributed by atoms with Crippen LogP contribution in [0.2, 0.25) is 0 Å². The van der Waals surface area contributed by atoms with Gasteiger partial charge in [-0.15, -0.1) is 0 Å². The van der Waals surface area contributed by atoms with Crippen molar-refractivity contribution in [3.63, 3.8) is 0 Å². The number of hydrogen-bond donors (Lipinski definition) is 1. The highest BCUT2D eigenvalue weighted by atomic mass is 16.5. The van der Waals surface area contributed by atoms with Gasteiger partial charge in [-0.25, -0.2) is 0 Å². The number of hydrogen-bond acceptors (Lipinski definition) is 2. The lowest BCUT2D eigenvalue weighted by molar-refractivity contribution is 0.130. The van der Waals surface area contributed by atoms with Gasteiger partial charge in [-0.1, -0.05) is 17.7 Å². The van der Waals surface area contributed by atoms with Gasteiger partial charge in [-0.3, -0.25) is 0 Å². The SMILES string of the molecule is Cc1ccc(O[C@H](C)CO)cc1. The van der Waals surface area contributed by atoms with E-state index in [0.717, 1.165) is 5.75 Å². The number of aryl methyl sites for hydroxylation is 1. The van der Waals surface area contributed by atoms with Crippen LogP contribution >= 0.6 is 0 Å². The summed E-state index contributed by atoms with van der Waals surface area (Å²) in [7, 11) is 0. The summed E-state index contributed by atoms with van der Waals surface area (Å²) in [4.78, 5) is 0. The minimum atomic E-state index is -0.132. The third-order valence-corrected chi connectivity index (χ3v) is 1.62. The van der Waals surface area contributed by atoms with Gasteiger partial charge >= 0.3 is 0 Å². The molecule has 0 aliphatic rings. The van der Waals surface area contributed by atoms with Crippen molar-refractivity contribution >= 4 is 0 Å². The summed E-state index contributed by atoms with van der Waals surface area (Å²) in [6.07, 6.45) is -0.132. The number of ether oxygens (including phenoxy) is 1. The summed E-state index contributed by atoms with van der Waals surface area (Å²) < 4.78 is 5.37. The quantitative estimate of drug-likeness (QED) is 0.741. The topological polar surface area (TPSA) is 29.5 Å². The number of aliphatic hydroxyl groups is 1. The zero-order valence-electron chi connectivity index (χ0n) is 7.45. The molecule has 1 aromatic rings. The Balaban J connectivity index is 2.58. The number of rotatable bonds is 3. The van der Waals surface area contributed by atoms with Crippen molar-refractivity contribution in [2.75, 3.05) is 6.61 Å². The van der Waals surface area contributed by atoms with Crippen LogP contribution < -0.4 is 4.74 Å². The molecule has 1 atom stereocenters. The van der Waals surface area contributed by atoms with Crippen LogP contribution in [0.1, 0.15) is 12.5 Å². The molecule has 0 aliphatic heterocycles. The summed E-state index contributed by atoms with van der Waals surface area (Å²) in [6.45, 7) is 3.91. The molecule has 0 saturated heterocycles. The molecule has 12 heavy (non-hydrogen) atoms. The van der Waals surface area contributed by atoms with Crippen molar-refractivity contribution in [2.45, 2.75) is 20.0 Å². The Hall–Kier alpha value is -1.02. The van der Waals surface area contributed by atoms with E-state index in [1.54, 1.807) is 0 Å². The Kier molecular flexibility index (Phi) is 3.11. The fraction of sp³-hybridized carbons (Fsp3) is 0.400. The van der Waals surface area contributed by atoms with Crippen LogP contribution in [0.15, 0.2) is 24.3 Å². The molecule has 0 radical (unpaired) electrons. The molecule has 0 saturated carbocycles. The first-order chi connectivity index (χ1) is 5.72. The predicted octanol–water partition coefficient (Wildman–Crippen LogP) is 1.75. The molecule has 0 fully saturated rings. The van der Waals surface area contributed by atoms with E-state index in [9.17, 15) is 0 Å². The van der Waals surface area contributed by atoms with Gasteiger partial charge in [0, 0.05) is 0 Å². The van der Waals surface area contributed by atoms with Gasteiger partial charge in [0.15, 0.2) is 0 Å². The lowest BCUT2D eigenvalue weighted by Gasteiger charge is -2.11. The van der Waals surface area contributed by atoms with Gasteiger partial charge in [-0.05, 0) is 26.0 Å². The lowest BCUT2D eigenvalue weighted by atomic mass is 10.2. The van der Waals surface area contributed by atoms with Gasteiger partial charge in [0.05, 0.1) is 6.61 Å². The van der Waals surface area contributed by atoms with Crippen molar-refractivity contribution in [3.05, 3.63) is 29.8 Å². The van der Waals surface area contributed by atoms with E-state index < -0.39 is 0 Å². The van der Waals surface area contributed by atoms with Crippen LogP contribution in [-0.2, 0) is 0 Å². The highest BCUT2D eigenvalue weighted by Gasteiger charge is 2.00. The van der Waals surface area contributed by atoms with E-state index in [-0.39, 0.29) is 12.7 Å². The van der Waals surface area contributed by atoms with E-state index in [2.05, 4.69) is 0 Å². The summed E-state index contributed by atoms with van der Waals surface area (Å²) >= 11 is 0. The van der Waals surface area contributed by atoms with Gasteiger partial charge in [0.2, 0.25) is 0 Å². The second-order valence-electron chi connectivity index (χ2n) is 2.92. The molecule has 2 heteroatoms. The highest BCUT2D eigenvalue weighted by molar-refractivity contribution is 5.26. The van der Waals surface area contributed by atoms with Crippen LogP contribution in [0.4, 0.5) is 0 Å². The van der Waals surface area contributed by atoms with E-state index in [1.165, 1.54) is 5.56 Å². The van der Waals surface area contributed by atoms with E-state index in [1.807, 2.05) is 38.1 Å². The van der Waals surface area contributed by atoms with Gasteiger partial charge in [0.1, 0.15) is 11.9 Å². The number of benzene rings is 1. The van der Waals surface area contributed by atoms with Gasteiger partial charge in [0.25, 0.3) is 0 Å². The number of aliphatic hydroxyl groups excluding tert-OH is 1. The van der Waals surface area contributed by atoms with Crippen molar-refractivity contribution in [3.8, 4) is 5.75 Å². The minimum Gasteiger partial charge on any atom is -0.488 e. The minimum absolute atomic E-state index is 0.0495. The van der Waals surface area contributed by atoms with Crippen LogP contribution in [0.25, 0.3) is 0 Å². The Morgan fingerprint density at radius 1 is 1.33 bits per heavy atom. The Morgan fingerprint density at radius 3 is 2.42 bits per heavy atom. The molecule has 0 heterocycles. The molecule has 66 valence electrons. The average Bonchev–Trinajstić information content (AvgIpc) is 2.09. The van der Waals surface area contributed by atoms with Crippen LogP contribution in [0, 0.1) is 6.92 Å². The van der Waals surface area contributed by atoms with E-state index in [4.69, 9.17) is 9.84 Å². The first-order valence-electron chi connectivity index (χ1n) is 4.06. The van der Waals surface area contributed by atoms with Crippen molar-refractivity contribution in [1.82, 2.24) is 0 Å². The Morgan fingerprint density at radius 2 is 1.92 bits per heavy atom. The van der Waals surface area contributed by atoms with Crippen LogP contribution in [0.3, 0.4) is 0 Å². The second kappa shape index (κ2) is 4.12. The lowest BCUT2D eigenvalue weighted by Crippen LogP contribution is -2.15. The molecule has 0 aromatic heterocycles. The third kappa shape index (κ3) is 2.55. The second-order valence-corrected chi connectivity index (χ2v) is 2.92. The highest BCUT2D eigenvalue weighted by Crippen LogP contribution is 2.12. The molecule has 0 aliphatic carbocycles. The molecule has 1 aromatic carbocycles. The molecule has 1 N–H and O–H groups in total. The first-order valence-corrected chi connectivity index (χ1v) is 4.06. The zero-order chi connectivity index (χ0) is 8.97. The Bertz CT molecular complexity index is 228. The molecule has 0 unspecified atom stereocenters. The molecule has 0 spiro atoms. The monoisotopic (exact) mass is 166 g/mol. The summed E-state index contributed by atoms with van der Waals surface area (Å²) in [5.41, 5.74) is 1.21.